The SMILES string of the molecule is CCCCCCOC1CCC(C(=O)OC2CCC(C(=O)OC(C)C)CC2)CC1. The molecule has 2 saturated carbocycles. The molecule has 5 nitrogen and oxygen atoms in total. The Labute approximate surface area is 170 Å². The zero-order chi connectivity index (χ0) is 20.4. The van der Waals surface area contributed by atoms with E-state index < -0.39 is 0 Å². The number of carbonyl (C=O) groups is 2. The molecule has 2 aliphatic carbocycles. The summed E-state index contributed by atoms with van der Waals surface area (Å²) in [6.07, 6.45) is 11.8. The first-order valence-electron chi connectivity index (χ1n) is 11.5. The molecule has 0 saturated heterocycles. The van der Waals surface area contributed by atoms with Gasteiger partial charge < -0.3 is 14.2 Å². The Balaban J connectivity index is 1.60. The van der Waals surface area contributed by atoms with Crippen LogP contribution in [0, 0.1) is 11.8 Å². The standard InChI is InChI=1S/C23H40O5/c1-4-5-6-7-16-26-20-12-8-19(9-13-20)23(25)28-21-14-10-18(11-15-21)22(24)27-17(2)3/h17-21H,4-16H2,1-3H3. The van der Waals surface area contributed by atoms with Gasteiger partial charge in [-0.15, -0.1) is 0 Å². The van der Waals surface area contributed by atoms with Crippen LogP contribution in [-0.4, -0.2) is 36.9 Å². The van der Waals surface area contributed by atoms with Crippen molar-refractivity contribution in [3.8, 4) is 0 Å². The first-order chi connectivity index (χ1) is 13.5. The van der Waals surface area contributed by atoms with Crippen molar-refractivity contribution in [1.29, 1.82) is 0 Å². The molecule has 28 heavy (non-hydrogen) atoms. The normalized spacial score (nSPS) is 28.1. The van der Waals surface area contributed by atoms with Gasteiger partial charge in [-0.25, -0.2) is 0 Å². The largest absolute Gasteiger partial charge is 0.463 e. The van der Waals surface area contributed by atoms with Crippen LogP contribution in [0.25, 0.3) is 0 Å². The Morgan fingerprint density at radius 3 is 1.93 bits per heavy atom. The van der Waals surface area contributed by atoms with E-state index in [4.69, 9.17) is 14.2 Å². The second-order valence-corrected chi connectivity index (χ2v) is 8.80. The van der Waals surface area contributed by atoms with E-state index in [0.717, 1.165) is 64.4 Å². The second kappa shape index (κ2) is 12.5. The van der Waals surface area contributed by atoms with Crippen molar-refractivity contribution in [3.63, 3.8) is 0 Å². The highest BCUT2D eigenvalue weighted by atomic mass is 16.5. The topological polar surface area (TPSA) is 61.8 Å². The summed E-state index contributed by atoms with van der Waals surface area (Å²) >= 11 is 0. The lowest BCUT2D eigenvalue weighted by molar-refractivity contribution is -0.160. The van der Waals surface area contributed by atoms with Gasteiger partial charge in [-0.2, -0.15) is 0 Å². The number of carbonyl (C=O) groups excluding carboxylic acids is 2. The third kappa shape index (κ3) is 8.10. The molecule has 0 aromatic heterocycles. The van der Waals surface area contributed by atoms with E-state index in [2.05, 4.69) is 6.92 Å². The molecule has 2 fully saturated rings. The van der Waals surface area contributed by atoms with Gasteiger partial charge in [0.15, 0.2) is 0 Å². The zero-order valence-corrected chi connectivity index (χ0v) is 18.1. The van der Waals surface area contributed by atoms with Crippen LogP contribution < -0.4 is 0 Å². The minimum absolute atomic E-state index is 0.0172. The van der Waals surface area contributed by atoms with Crippen LogP contribution in [0.3, 0.4) is 0 Å². The maximum Gasteiger partial charge on any atom is 0.309 e. The molecule has 0 spiro atoms. The Kier molecular flexibility index (Phi) is 10.3. The summed E-state index contributed by atoms with van der Waals surface area (Å²) in [5.41, 5.74) is 0. The molecule has 0 radical (unpaired) electrons. The molecule has 0 heterocycles. The summed E-state index contributed by atoms with van der Waals surface area (Å²) in [7, 11) is 0. The van der Waals surface area contributed by atoms with Crippen LogP contribution in [-0.2, 0) is 23.8 Å². The van der Waals surface area contributed by atoms with Gasteiger partial charge in [0.25, 0.3) is 0 Å². The molecular formula is C23H40O5. The van der Waals surface area contributed by atoms with E-state index in [9.17, 15) is 9.59 Å². The fraction of sp³-hybridized carbons (Fsp3) is 0.913. The summed E-state index contributed by atoms with van der Waals surface area (Å²) in [5, 5.41) is 0. The fourth-order valence-corrected chi connectivity index (χ4v) is 4.25. The molecule has 0 unspecified atom stereocenters. The van der Waals surface area contributed by atoms with Gasteiger partial charge in [-0.3, -0.25) is 9.59 Å². The quantitative estimate of drug-likeness (QED) is 0.375. The molecule has 0 N–H and O–H groups in total. The van der Waals surface area contributed by atoms with E-state index in [1.165, 1.54) is 19.3 Å². The molecule has 0 atom stereocenters. The molecule has 0 aliphatic heterocycles. The number of unbranched alkanes of at least 4 members (excludes halogenated alkanes) is 3. The Morgan fingerprint density at radius 1 is 0.786 bits per heavy atom. The van der Waals surface area contributed by atoms with E-state index in [-0.39, 0.29) is 36.0 Å². The molecule has 5 heteroatoms. The predicted octanol–water partition coefficient (Wildman–Crippen LogP) is 5.20. The first-order valence-corrected chi connectivity index (χ1v) is 11.5. The van der Waals surface area contributed by atoms with Crippen molar-refractivity contribution >= 4 is 11.9 Å². The number of hydrogen-bond donors (Lipinski definition) is 0. The molecule has 2 aliphatic rings. The van der Waals surface area contributed by atoms with Gasteiger partial charge in [0.2, 0.25) is 0 Å². The fourth-order valence-electron chi connectivity index (χ4n) is 4.25. The van der Waals surface area contributed by atoms with Gasteiger partial charge in [0.1, 0.15) is 6.10 Å². The third-order valence-corrected chi connectivity index (χ3v) is 6.00. The highest BCUT2D eigenvalue weighted by Gasteiger charge is 2.33. The summed E-state index contributed by atoms with van der Waals surface area (Å²) in [6.45, 7) is 6.81. The van der Waals surface area contributed by atoms with Gasteiger partial charge >= 0.3 is 11.9 Å². The maximum atomic E-state index is 12.5. The van der Waals surface area contributed by atoms with Crippen molar-refractivity contribution in [2.75, 3.05) is 6.61 Å². The maximum absolute atomic E-state index is 12.5. The van der Waals surface area contributed by atoms with Crippen LogP contribution in [0.5, 0.6) is 0 Å². The Bertz CT molecular complexity index is 460. The van der Waals surface area contributed by atoms with E-state index in [1.807, 2.05) is 13.8 Å². The molecule has 0 aromatic rings. The molecule has 2 rings (SSSR count). The average Bonchev–Trinajstić information content (AvgIpc) is 2.68. The van der Waals surface area contributed by atoms with Crippen molar-refractivity contribution < 1.29 is 23.8 Å². The third-order valence-electron chi connectivity index (χ3n) is 6.00. The van der Waals surface area contributed by atoms with Crippen molar-refractivity contribution in [3.05, 3.63) is 0 Å². The lowest BCUT2D eigenvalue weighted by Crippen LogP contribution is -2.33. The lowest BCUT2D eigenvalue weighted by Gasteiger charge is -2.31. The minimum atomic E-state index is -0.104. The molecule has 0 bridgehead atoms. The van der Waals surface area contributed by atoms with E-state index >= 15 is 0 Å². The van der Waals surface area contributed by atoms with Crippen molar-refractivity contribution in [2.45, 2.75) is 116 Å². The van der Waals surface area contributed by atoms with Gasteiger partial charge in [0, 0.05) is 6.61 Å². The number of hydrogen-bond acceptors (Lipinski definition) is 5. The average molecular weight is 397 g/mol. The van der Waals surface area contributed by atoms with Crippen LogP contribution in [0.2, 0.25) is 0 Å². The lowest BCUT2D eigenvalue weighted by atomic mass is 9.86. The van der Waals surface area contributed by atoms with Gasteiger partial charge in [-0.1, -0.05) is 26.2 Å². The molecular weight excluding hydrogens is 356 g/mol. The summed E-state index contributed by atoms with van der Waals surface area (Å²) < 4.78 is 17.0. The molecule has 162 valence electrons. The monoisotopic (exact) mass is 396 g/mol. The van der Waals surface area contributed by atoms with E-state index in [1.54, 1.807) is 0 Å². The Hall–Kier alpha value is -1.10. The van der Waals surface area contributed by atoms with Crippen LogP contribution in [0.4, 0.5) is 0 Å². The van der Waals surface area contributed by atoms with Crippen LogP contribution in [0.1, 0.15) is 97.8 Å². The van der Waals surface area contributed by atoms with Gasteiger partial charge in [-0.05, 0) is 71.6 Å². The summed E-state index contributed by atoms with van der Waals surface area (Å²) in [6, 6.07) is 0. The number of ether oxygens (including phenoxy) is 3. The molecule has 0 amide bonds. The highest BCUT2D eigenvalue weighted by Crippen LogP contribution is 2.31. The van der Waals surface area contributed by atoms with E-state index in [0.29, 0.717) is 6.10 Å². The van der Waals surface area contributed by atoms with Crippen LogP contribution in [0.15, 0.2) is 0 Å². The Morgan fingerprint density at radius 2 is 1.36 bits per heavy atom. The summed E-state index contributed by atoms with van der Waals surface area (Å²) in [4.78, 5) is 24.5. The first kappa shape index (κ1) is 23.2. The second-order valence-electron chi connectivity index (χ2n) is 8.80. The molecule has 0 aromatic carbocycles. The highest BCUT2D eigenvalue weighted by molar-refractivity contribution is 5.73. The smallest absolute Gasteiger partial charge is 0.309 e. The van der Waals surface area contributed by atoms with Crippen molar-refractivity contribution in [2.24, 2.45) is 11.8 Å². The van der Waals surface area contributed by atoms with Crippen molar-refractivity contribution in [1.82, 2.24) is 0 Å². The van der Waals surface area contributed by atoms with Gasteiger partial charge in [0.05, 0.1) is 24.0 Å². The van der Waals surface area contributed by atoms with Crippen LogP contribution >= 0.6 is 0 Å². The number of esters is 2. The predicted molar refractivity (Wildman–Crippen MR) is 109 cm³/mol. The number of rotatable bonds is 10. The zero-order valence-electron chi connectivity index (χ0n) is 18.1. The summed E-state index contributed by atoms with van der Waals surface area (Å²) in [5.74, 6) is -0.173. The minimum Gasteiger partial charge on any atom is -0.463 e.